The van der Waals surface area contributed by atoms with E-state index in [0.29, 0.717) is 0 Å². The zero-order valence-electron chi connectivity index (χ0n) is 11.9. The monoisotopic (exact) mass is 346 g/mol. The maximum Gasteiger partial charge on any atom is 0.195 e. The molecule has 0 aliphatic carbocycles. The summed E-state index contributed by atoms with van der Waals surface area (Å²) < 4.78 is 42.6. The quantitative estimate of drug-likeness (QED) is 0.306. The number of hydrogen-bond donors (Lipinski definition) is 6. The van der Waals surface area contributed by atoms with Crippen LogP contribution in [0.5, 0.6) is 0 Å². The molecule has 6 N–H and O–H groups in total. The first kappa shape index (κ1) is 18.8. The van der Waals surface area contributed by atoms with Crippen LogP contribution in [-0.2, 0) is 14.2 Å². The number of hydrogen-bond acceptors (Lipinski definition) is 9. The summed E-state index contributed by atoms with van der Waals surface area (Å²) in [5.74, 6) is 0. The van der Waals surface area contributed by atoms with Gasteiger partial charge in [0.25, 0.3) is 0 Å². The molecule has 23 heavy (non-hydrogen) atoms. The second kappa shape index (κ2) is 7.59. The van der Waals surface area contributed by atoms with Gasteiger partial charge in [0.2, 0.25) is 0 Å². The van der Waals surface area contributed by atoms with Crippen molar-refractivity contribution >= 4 is 0 Å². The third-order valence-electron chi connectivity index (χ3n) is 3.88. The summed E-state index contributed by atoms with van der Waals surface area (Å²) in [7, 11) is 0. The fraction of sp³-hybridized carbons (Fsp3) is 1.00. The Bertz CT molecular complexity index is 352. The van der Waals surface area contributed by atoms with E-state index in [0.717, 1.165) is 0 Å². The Hall–Kier alpha value is -0.500. The molecule has 2 rings (SSSR count). The number of ether oxygens (including phenoxy) is 3. The van der Waals surface area contributed by atoms with Gasteiger partial charge in [0, 0.05) is 0 Å². The molecule has 0 aromatic heterocycles. The van der Waals surface area contributed by atoms with E-state index in [1.165, 1.54) is 0 Å². The van der Waals surface area contributed by atoms with E-state index in [-0.39, 0.29) is 0 Å². The molecule has 0 radical (unpaired) electrons. The number of rotatable bonds is 4. The Morgan fingerprint density at radius 2 is 1.04 bits per heavy atom. The number of alkyl halides is 2. The number of aliphatic hydroxyl groups is 6. The van der Waals surface area contributed by atoms with Crippen LogP contribution in [0.3, 0.4) is 0 Å². The Labute approximate surface area is 129 Å². The lowest BCUT2D eigenvalue weighted by Gasteiger charge is -2.43. The topological polar surface area (TPSA) is 149 Å². The van der Waals surface area contributed by atoms with E-state index in [1.807, 2.05) is 0 Å². The lowest BCUT2D eigenvalue weighted by molar-refractivity contribution is -0.363. The summed E-state index contributed by atoms with van der Waals surface area (Å²) in [5.41, 5.74) is 0. The molecule has 0 aromatic rings. The minimum atomic E-state index is -2.28. The van der Waals surface area contributed by atoms with Gasteiger partial charge >= 0.3 is 0 Å². The van der Waals surface area contributed by atoms with Crippen LogP contribution < -0.4 is 0 Å². The first-order chi connectivity index (χ1) is 10.8. The highest BCUT2D eigenvalue weighted by Gasteiger charge is 2.50. The highest BCUT2D eigenvalue weighted by atomic mass is 19.1. The Morgan fingerprint density at radius 3 is 1.35 bits per heavy atom. The molecule has 136 valence electrons. The molecular weight excluding hydrogens is 326 g/mol. The summed E-state index contributed by atoms with van der Waals surface area (Å²) in [4.78, 5) is 0. The molecule has 9 nitrogen and oxygen atoms in total. The van der Waals surface area contributed by atoms with Crippen molar-refractivity contribution in [1.29, 1.82) is 0 Å². The molecule has 0 bridgehead atoms. The van der Waals surface area contributed by atoms with Crippen LogP contribution in [-0.4, -0.2) is 105 Å². The Kier molecular flexibility index (Phi) is 6.22. The third kappa shape index (κ3) is 3.62. The average Bonchev–Trinajstić information content (AvgIpc) is 2.55. The van der Waals surface area contributed by atoms with Crippen molar-refractivity contribution in [3.8, 4) is 0 Å². The third-order valence-corrected chi connectivity index (χ3v) is 3.88. The molecule has 2 aliphatic heterocycles. The zero-order valence-corrected chi connectivity index (χ0v) is 11.9. The molecule has 10 atom stereocenters. The van der Waals surface area contributed by atoms with Gasteiger partial charge in [0.15, 0.2) is 24.9 Å². The molecule has 0 saturated carbocycles. The largest absolute Gasteiger partial charge is 0.394 e. The van der Waals surface area contributed by atoms with Gasteiger partial charge in [-0.2, -0.15) is 0 Å². The molecule has 0 amide bonds. The first-order valence-electron chi connectivity index (χ1n) is 7.00. The van der Waals surface area contributed by atoms with Gasteiger partial charge < -0.3 is 44.8 Å². The van der Waals surface area contributed by atoms with Gasteiger partial charge in [0.1, 0.15) is 36.6 Å². The number of halogens is 2. The van der Waals surface area contributed by atoms with E-state index < -0.39 is 74.8 Å². The second-order valence-electron chi connectivity index (χ2n) is 5.44. The Balaban J connectivity index is 2.07. The summed E-state index contributed by atoms with van der Waals surface area (Å²) >= 11 is 0. The molecule has 0 spiro atoms. The minimum absolute atomic E-state index is 0.754. The smallest absolute Gasteiger partial charge is 0.195 e. The van der Waals surface area contributed by atoms with Crippen molar-refractivity contribution < 1.29 is 53.6 Å². The summed E-state index contributed by atoms with van der Waals surface area (Å²) in [5, 5.41) is 56.1. The maximum atomic E-state index is 14.0. The Morgan fingerprint density at radius 1 is 0.696 bits per heavy atom. The van der Waals surface area contributed by atoms with Crippen LogP contribution in [0.15, 0.2) is 0 Å². The van der Waals surface area contributed by atoms with E-state index in [2.05, 4.69) is 0 Å². The molecule has 4 unspecified atom stereocenters. The molecule has 11 heteroatoms. The van der Waals surface area contributed by atoms with Gasteiger partial charge in [-0.15, -0.1) is 0 Å². The molecule has 2 heterocycles. The van der Waals surface area contributed by atoms with Gasteiger partial charge in [0.05, 0.1) is 13.2 Å². The van der Waals surface area contributed by atoms with E-state index in [4.69, 9.17) is 24.4 Å². The maximum absolute atomic E-state index is 14.0. The predicted molar refractivity (Wildman–Crippen MR) is 66.4 cm³/mol. The van der Waals surface area contributed by atoms with Crippen molar-refractivity contribution in [1.82, 2.24) is 0 Å². The lowest BCUT2D eigenvalue weighted by Crippen LogP contribution is -2.62. The molecule has 2 saturated heterocycles. The van der Waals surface area contributed by atoms with Crippen molar-refractivity contribution in [2.75, 3.05) is 13.2 Å². The van der Waals surface area contributed by atoms with Crippen LogP contribution >= 0.6 is 0 Å². The van der Waals surface area contributed by atoms with E-state index in [9.17, 15) is 29.2 Å². The van der Waals surface area contributed by atoms with Gasteiger partial charge in [-0.05, 0) is 0 Å². The van der Waals surface area contributed by atoms with Gasteiger partial charge in [-0.1, -0.05) is 0 Å². The predicted octanol–water partition coefficient (Wildman–Crippen LogP) is -3.44. The fourth-order valence-corrected chi connectivity index (χ4v) is 2.44. The SMILES string of the molecule is OCC1O[C@H](O[C@@H]2O[C@H](CO)[C@@H](O)C(O)C2F)C(F)[C@@H](O)[C@@H]1O. The highest BCUT2D eigenvalue weighted by molar-refractivity contribution is 4.92. The minimum Gasteiger partial charge on any atom is -0.394 e. The van der Waals surface area contributed by atoms with Crippen molar-refractivity contribution in [3.05, 3.63) is 0 Å². The molecule has 2 fully saturated rings. The molecule has 0 aromatic carbocycles. The highest BCUT2D eigenvalue weighted by Crippen LogP contribution is 2.30. The second-order valence-corrected chi connectivity index (χ2v) is 5.44. The molecule has 2 aliphatic rings. The van der Waals surface area contributed by atoms with Crippen LogP contribution in [0, 0.1) is 0 Å². The average molecular weight is 346 g/mol. The van der Waals surface area contributed by atoms with E-state index in [1.54, 1.807) is 0 Å². The van der Waals surface area contributed by atoms with E-state index >= 15 is 0 Å². The van der Waals surface area contributed by atoms with Crippen LogP contribution in [0.1, 0.15) is 0 Å². The van der Waals surface area contributed by atoms with Crippen LogP contribution in [0.25, 0.3) is 0 Å². The van der Waals surface area contributed by atoms with Gasteiger partial charge in [-0.25, -0.2) is 8.78 Å². The summed E-state index contributed by atoms with van der Waals surface area (Å²) in [6.45, 7) is -1.51. The molecular formula is C12H20F2O9. The fourth-order valence-electron chi connectivity index (χ4n) is 2.44. The summed E-state index contributed by atoms with van der Waals surface area (Å²) in [6, 6.07) is 0. The standard InChI is InChI=1S/C12H20F2O9/c13-5-9(19)7(17)3(1-15)21-11(5)23-12-6(14)10(20)8(18)4(2-16)22-12/h3-12,15-20H,1-2H2/t3-,4?,5?,6?,7-,8-,9?,10-,11+,12-/m1/s1. The van der Waals surface area contributed by atoms with Crippen molar-refractivity contribution in [2.45, 2.75) is 61.5 Å². The number of aliphatic hydroxyl groups excluding tert-OH is 6. The van der Waals surface area contributed by atoms with Crippen LogP contribution in [0.4, 0.5) is 8.78 Å². The normalized spacial score (nSPS) is 51.7. The van der Waals surface area contributed by atoms with Crippen molar-refractivity contribution in [3.63, 3.8) is 0 Å². The lowest BCUT2D eigenvalue weighted by atomic mass is 9.99. The first-order valence-corrected chi connectivity index (χ1v) is 7.00. The van der Waals surface area contributed by atoms with Crippen molar-refractivity contribution in [2.24, 2.45) is 0 Å². The zero-order chi connectivity index (χ0) is 17.3. The van der Waals surface area contributed by atoms with Gasteiger partial charge in [-0.3, -0.25) is 0 Å². The van der Waals surface area contributed by atoms with Crippen LogP contribution in [0.2, 0.25) is 0 Å². The summed E-state index contributed by atoms with van der Waals surface area (Å²) in [6.07, 6.45) is -18.4.